The lowest BCUT2D eigenvalue weighted by Crippen LogP contribution is -2.06. The highest BCUT2D eigenvalue weighted by Gasteiger charge is 2.24. The fourth-order valence-electron chi connectivity index (χ4n) is 3.79. The molecule has 1 atom stereocenters. The Hall–Kier alpha value is -2.46. The average molecular weight is 320 g/mol. The van der Waals surface area contributed by atoms with Gasteiger partial charge in [-0.2, -0.15) is 0 Å². The van der Waals surface area contributed by atoms with Crippen LogP contribution in [0.5, 0.6) is 0 Å². The van der Waals surface area contributed by atoms with Gasteiger partial charge in [0, 0.05) is 35.5 Å². The number of ether oxygens (including phenoxy) is 1. The van der Waals surface area contributed by atoms with Crippen molar-refractivity contribution in [2.45, 2.75) is 18.9 Å². The van der Waals surface area contributed by atoms with Crippen molar-refractivity contribution in [3.8, 4) is 5.69 Å². The molecule has 0 N–H and O–H groups in total. The zero-order chi connectivity index (χ0) is 16.1. The maximum absolute atomic E-state index is 13.4. The van der Waals surface area contributed by atoms with Crippen LogP contribution in [0.25, 0.3) is 16.6 Å². The molecular weight excluding hydrogens is 303 g/mol. The molecule has 4 heteroatoms. The van der Waals surface area contributed by atoms with Crippen LogP contribution in [0, 0.1) is 5.82 Å². The van der Waals surface area contributed by atoms with E-state index in [1.807, 2.05) is 18.3 Å². The first-order valence-electron chi connectivity index (χ1n) is 8.31. The summed E-state index contributed by atoms with van der Waals surface area (Å²) in [4.78, 5) is 4.36. The molecule has 0 amide bonds. The first-order chi connectivity index (χ1) is 11.8. The number of aliphatic imine (C=N–C) groups is 1. The lowest BCUT2D eigenvalue weighted by Gasteiger charge is -2.15. The Morgan fingerprint density at radius 3 is 2.79 bits per heavy atom. The zero-order valence-electron chi connectivity index (χ0n) is 13.2. The molecule has 0 spiro atoms. The molecular formula is C20H17FN2O. The van der Waals surface area contributed by atoms with Gasteiger partial charge in [0.1, 0.15) is 5.82 Å². The Bertz CT molecular complexity index is 950. The minimum absolute atomic E-state index is 0.214. The van der Waals surface area contributed by atoms with Crippen molar-refractivity contribution in [1.29, 1.82) is 0 Å². The average Bonchev–Trinajstić information content (AvgIpc) is 3.32. The number of halogens is 1. The molecule has 0 radical (unpaired) electrons. The van der Waals surface area contributed by atoms with Crippen molar-refractivity contribution >= 4 is 17.1 Å². The number of fused-ring (bicyclic) bond motifs is 2. The van der Waals surface area contributed by atoms with Crippen molar-refractivity contribution in [2.24, 2.45) is 4.99 Å². The Morgan fingerprint density at radius 2 is 2.00 bits per heavy atom. The van der Waals surface area contributed by atoms with Crippen LogP contribution in [-0.4, -0.2) is 24.0 Å². The second kappa shape index (κ2) is 5.28. The van der Waals surface area contributed by atoms with E-state index in [2.05, 4.69) is 27.8 Å². The highest BCUT2D eigenvalue weighted by Crippen LogP contribution is 2.35. The highest BCUT2D eigenvalue weighted by molar-refractivity contribution is 5.94. The Kier molecular flexibility index (Phi) is 3.06. The number of hydrogen-bond donors (Lipinski definition) is 0. The lowest BCUT2D eigenvalue weighted by molar-refractivity contribution is 0.193. The Morgan fingerprint density at radius 1 is 1.12 bits per heavy atom. The van der Waals surface area contributed by atoms with Crippen LogP contribution in [-0.2, 0) is 11.3 Å². The van der Waals surface area contributed by atoms with E-state index in [0.717, 1.165) is 37.4 Å². The normalized spacial score (nSPS) is 19.3. The SMILES string of the molecule is Fc1ccc(-n2c(C3CCOC3)cc3cc4c(cc32)C=NC4)cc1. The molecule has 120 valence electrons. The van der Waals surface area contributed by atoms with Gasteiger partial charge in [-0.25, -0.2) is 4.39 Å². The fourth-order valence-corrected chi connectivity index (χ4v) is 3.79. The van der Waals surface area contributed by atoms with E-state index in [4.69, 9.17) is 4.74 Å². The van der Waals surface area contributed by atoms with E-state index < -0.39 is 0 Å². The molecule has 0 bridgehead atoms. The highest BCUT2D eigenvalue weighted by atomic mass is 19.1. The molecule has 1 saturated heterocycles. The van der Waals surface area contributed by atoms with E-state index in [-0.39, 0.29) is 5.82 Å². The van der Waals surface area contributed by atoms with Gasteiger partial charge in [0.25, 0.3) is 0 Å². The van der Waals surface area contributed by atoms with Crippen LogP contribution in [0.3, 0.4) is 0 Å². The molecule has 2 aliphatic heterocycles. The second-order valence-electron chi connectivity index (χ2n) is 6.52. The van der Waals surface area contributed by atoms with Crippen LogP contribution in [0.2, 0.25) is 0 Å². The first-order valence-corrected chi connectivity index (χ1v) is 8.31. The quantitative estimate of drug-likeness (QED) is 0.695. The number of hydrogen-bond acceptors (Lipinski definition) is 2. The fraction of sp³-hybridized carbons (Fsp3) is 0.250. The van der Waals surface area contributed by atoms with Crippen LogP contribution in [0.1, 0.15) is 29.2 Å². The predicted molar refractivity (Wildman–Crippen MR) is 92.7 cm³/mol. The number of aromatic nitrogens is 1. The molecule has 2 aromatic carbocycles. The third kappa shape index (κ3) is 2.10. The van der Waals surface area contributed by atoms with Crippen molar-refractivity contribution in [1.82, 2.24) is 4.57 Å². The molecule has 0 aliphatic carbocycles. The Balaban J connectivity index is 1.78. The summed E-state index contributed by atoms with van der Waals surface area (Å²) in [5, 5.41) is 1.21. The predicted octanol–water partition coefficient (Wildman–Crippen LogP) is 4.21. The van der Waals surface area contributed by atoms with E-state index in [0.29, 0.717) is 5.92 Å². The van der Waals surface area contributed by atoms with Gasteiger partial charge < -0.3 is 9.30 Å². The van der Waals surface area contributed by atoms with Gasteiger partial charge in [-0.05, 0) is 60.0 Å². The molecule has 1 aromatic heterocycles. The molecule has 3 nitrogen and oxygen atoms in total. The minimum Gasteiger partial charge on any atom is -0.381 e. The summed E-state index contributed by atoms with van der Waals surface area (Å²) in [6.45, 7) is 2.31. The molecule has 1 unspecified atom stereocenters. The maximum Gasteiger partial charge on any atom is 0.123 e. The third-order valence-electron chi connectivity index (χ3n) is 5.02. The molecule has 3 heterocycles. The summed E-state index contributed by atoms with van der Waals surface area (Å²) in [5.41, 5.74) is 5.83. The van der Waals surface area contributed by atoms with Crippen LogP contribution >= 0.6 is 0 Å². The van der Waals surface area contributed by atoms with E-state index in [1.54, 1.807) is 0 Å². The standard InChI is InChI=1S/C20H17FN2O/c21-17-1-3-18(4-2-17)23-19(13-5-6-24-12-13)8-14-7-15-10-22-11-16(15)9-20(14)23/h1-4,7-9,11,13H,5-6,10,12H2. The molecule has 1 fully saturated rings. The van der Waals surface area contributed by atoms with Gasteiger partial charge in [-0.1, -0.05) is 0 Å². The van der Waals surface area contributed by atoms with Crippen molar-refractivity contribution in [2.75, 3.05) is 13.2 Å². The number of benzene rings is 2. The van der Waals surface area contributed by atoms with Gasteiger partial charge in [-0.3, -0.25) is 4.99 Å². The number of nitrogens with zero attached hydrogens (tertiary/aromatic N) is 2. The van der Waals surface area contributed by atoms with Crippen LogP contribution in [0.4, 0.5) is 4.39 Å². The number of rotatable bonds is 2. The summed E-state index contributed by atoms with van der Waals surface area (Å²) in [7, 11) is 0. The molecule has 3 aromatic rings. The molecule has 5 rings (SSSR count). The van der Waals surface area contributed by atoms with E-state index >= 15 is 0 Å². The lowest BCUT2D eigenvalue weighted by atomic mass is 10.0. The van der Waals surface area contributed by atoms with Crippen molar-refractivity contribution in [3.63, 3.8) is 0 Å². The monoisotopic (exact) mass is 320 g/mol. The van der Waals surface area contributed by atoms with Gasteiger partial charge in [-0.15, -0.1) is 0 Å². The summed E-state index contributed by atoms with van der Waals surface area (Å²) in [6, 6.07) is 13.4. The van der Waals surface area contributed by atoms with Crippen molar-refractivity contribution in [3.05, 3.63) is 65.1 Å². The second-order valence-corrected chi connectivity index (χ2v) is 6.52. The topological polar surface area (TPSA) is 26.5 Å². The van der Waals surface area contributed by atoms with Gasteiger partial charge in [0.2, 0.25) is 0 Å². The summed E-state index contributed by atoms with van der Waals surface area (Å²) in [5.74, 6) is 0.167. The van der Waals surface area contributed by atoms with E-state index in [1.165, 1.54) is 34.3 Å². The zero-order valence-corrected chi connectivity index (χ0v) is 13.2. The van der Waals surface area contributed by atoms with Crippen molar-refractivity contribution < 1.29 is 9.13 Å². The van der Waals surface area contributed by atoms with Crippen LogP contribution in [0.15, 0.2) is 47.5 Å². The van der Waals surface area contributed by atoms with Gasteiger partial charge >= 0.3 is 0 Å². The summed E-state index contributed by atoms with van der Waals surface area (Å²) in [6.07, 6.45) is 2.97. The summed E-state index contributed by atoms with van der Waals surface area (Å²) < 4.78 is 21.2. The van der Waals surface area contributed by atoms with E-state index in [9.17, 15) is 4.39 Å². The van der Waals surface area contributed by atoms with Gasteiger partial charge in [0.15, 0.2) is 0 Å². The first kappa shape index (κ1) is 13.9. The van der Waals surface area contributed by atoms with Gasteiger partial charge in [0.05, 0.1) is 18.7 Å². The molecule has 0 saturated carbocycles. The summed E-state index contributed by atoms with van der Waals surface area (Å²) >= 11 is 0. The largest absolute Gasteiger partial charge is 0.381 e. The van der Waals surface area contributed by atoms with Crippen LogP contribution < -0.4 is 0 Å². The minimum atomic E-state index is -0.214. The molecule has 24 heavy (non-hydrogen) atoms. The Labute approximate surface area is 139 Å². The molecule has 2 aliphatic rings. The third-order valence-corrected chi connectivity index (χ3v) is 5.02. The smallest absolute Gasteiger partial charge is 0.123 e. The maximum atomic E-state index is 13.4.